The third-order valence-corrected chi connectivity index (χ3v) is 3.53. The van der Waals surface area contributed by atoms with Crippen LogP contribution in [0.3, 0.4) is 0 Å². The summed E-state index contributed by atoms with van der Waals surface area (Å²) in [7, 11) is 0. The van der Waals surface area contributed by atoms with Gasteiger partial charge in [0.2, 0.25) is 0 Å². The first-order valence-corrected chi connectivity index (χ1v) is 7.13. The molecule has 1 saturated heterocycles. The highest BCUT2D eigenvalue weighted by molar-refractivity contribution is 4.70. The van der Waals surface area contributed by atoms with E-state index in [9.17, 15) is 0 Å². The van der Waals surface area contributed by atoms with Gasteiger partial charge in [-0.25, -0.2) is 4.98 Å². The summed E-state index contributed by atoms with van der Waals surface area (Å²) in [6.45, 7) is 7.83. The zero-order valence-electron chi connectivity index (χ0n) is 11.4. The summed E-state index contributed by atoms with van der Waals surface area (Å²) >= 11 is 0. The molecular formula is C13H25N5. The van der Waals surface area contributed by atoms with Gasteiger partial charge in [0, 0.05) is 19.1 Å². The quantitative estimate of drug-likeness (QED) is 0.823. The molecule has 1 aromatic rings. The lowest BCUT2D eigenvalue weighted by molar-refractivity contribution is 0.255. The third-order valence-electron chi connectivity index (χ3n) is 3.53. The number of likely N-dealkylation sites (tertiary alicyclic amines) is 1. The van der Waals surface area contributed by atoms with Crippen molar-refractivity contribution in [3.63, 3.8) is 0 Å². The van der Waals surface area contributed by atoms with Crippen LogP contribution in [0.15, 0.2) is 12.7 Å². The molecule has 5 nitrogen and oxygen atoms in total. The van der Waals surface area contributed by atoms with Crippen molar-refractivity contribution in [2.24, 2.45) is 0 Å². The summed E-state index contributed by atoms with van der Waals surface area (Å²) in [4.78, 5) is 6.54. The van der Waals surface area contributed by atoms with Crippen molar-refractivity contribution < 1.29 is 0 Å². The molecule has 0 aliphatic carbocycles. The second kappa shape index (κ2) is 7.48. The van der Waals surface area contributed by atoms with Crippen molar-refractivity contribution in [1.82, 2.24) is 25.0 Å². The van der Waals surface area contributed by atoms with Crippen LogP contribution in [-0.2, 0) is 6.54 Å². The normalized spacial score (nSPS) is 19.6. The Morgan fingerprint density at radius 3 is 2.67 bits per heavy atom. The Bertz CT molecular complexity index is 303. The Labute approximate surface area is 110 Å². The lowest BCUT2D eigenvalue weighted by atomic mass is 10.2. The van der Waals surface area contributed by atoms with Gasteiger partial charge in [-0.1, -0.05) is 12.8 Å². The van der Waals surface area contributed by atoms with Crippen LogP contribution in [-0.4, -0.2) is 51.9 Å². The zero-order chi connectivity index (χ0) is 12.6. The highest BCUT2D eigenvalue weighted by Crippen LogP contribution is 2.09. The highest BCUT2D eigenvalue weighted by Gasteiger charge is 2.11. The van der Waals surface area contributed by atoms with E-state index in [1.807, 2.05) is 4.68 Å². The summed E-state index contributed by atoms with van der Waals surface area (Å²) in [5, 5.41) is 7.65. The molecule has 2 heterocycles. The average molecular weight is 251 g/mol. The molecule has 1 fully saturated rings. The number of aromatic nitrogens is 3. The van der Waals surface area contributed by atoms with Crippen LogP contribution in [0.1, 0.15) is 32.6 Å². The summed E-state index contributed by atoms with van der Waals surface area (Å²) < 4.78 is 1.87. The Morgan fingerprint density at radius 2 is 2.00 bits per heavy atom. The van der Waals surface area contributed by atoms with Crippen molar-refractivity contribution in [3.8, 4) is 0 Å². The average Bonchev–Trinajstić information content (AvgIpc) is 2.74. The molecule has 102 valence electrons. The van der Waals surface area contributed by atoms with Crippen molar-refractivity contribution in [1.29, 1.82) is 0 Å². The molecule has 0 saturated carbocycles. The number of hydrogen-bond donors (Lipinski definition) is 1. The van der Waals surface area contributed by atoms with E-state index in [1.165, 1.54) is 38.8 Å². The van der Waals surface area contributed by atoms with E-state index in [0.717, 1.165) is 19.6 Å². The maximum atomic E-state index is 4.10. The van der Waals surface area contributed by atoms with Gasteiger partial charge in [-0.05, 0) is 32.9 Å². The molecule has 2 rings (SSSR count). The third kappa shape index (κ3) is 4.74. The second-order valence-electron chi connectivity index (χ2n) is 5.23. The maximum absolute atomic E-state index is 4.10. The molecule has 18 heavy (non-hydrogen) atoms. The fraction of sp³-hybridized carbons (Fsp3) is 0.846. The minimum Gasteiger partial charge on any atom is -0.311 e. The molecule has 0 spiro atoms. The minimum absolute atomic E-state index is 0.548. The highest BCUT2D eigenvalue weighted by atomic mass is 15.3. The number of hydrogen-bond acceptors (Lipinski definition) is 4. The predicted octanol–water partition coefficient (Wildman–Crippen LogP) is 1.13. The molecule has 0 amide bonds. The zero-order valence-corrected chi connectivity index (χ0v) is 11.4. The lowest BCUT2D eigenvalue weighted by Crippen LogP contribution is -2.40. The fourth-order valence-corrected chi connectivity index (χ4v) is 2.54. The molecule has 0 radical (unpaired) electrons. The van der Waals surface area contributed by atoms with E-state index >= 15 is 0 Å². The van der Waals surface area contributed by atoms with Crippen LogP contribution in [0.5, 0.6) is 0 Å². The molecule has 1 aliphatic rings. The molecule has 0 bridgehead atoms. The van der Waals surface area contributed by atoms with Gasteiger partial charge in [0.25, 0.3) is 0 Å². The Balaban J connectivity index is 1.60. The fourth-order valence-electron chi connectivity index (χ4n) is 2.54. The van der Waals surface area contributed by atoms with Crippen LogP contribution in [0.4, 0.5) is 0 Å². The first kappa shape index (κ1) is 13.5. The van der Waals surface area contributed by atoms with E-state index in [-0.39, 0.29) is 0 Å². The van der Waals surface area contributed by atoms with Crippen LogP contribution in [0.25, 0.3) is 0 Å². The monoisotopic (exact) mass is 251 g/mol. The number of nitrogens with zero attached hydrogens (tertiary/aromatic N) is 4. The summed E-state index contributed by atoms with van der Waals surface area (Å²) in [6, 6.07) is 0.548. The minimum atomic E-state index is 0.548. The van der Waals surface area contributed by atoms with E-state index < -0.39 is 0 Å². The molecule has 5 heteroatoms. The Kier molecular flexibility index (Phi) is 5.61. The summed E-state index contributed by atoms with van der Waals surface area (Å²) in [5.74, 6) is 0. The second-order valence-corrected chi connectivity index (χ2v) is 5.23. The van der Waals surface area contributed by atoms with Crippen molar-refractivity contribution in [2.75, 3.05) is 26.2 Å². The number of rotatable bonds is 6. The molecule has 0 aromatic carbocycles. The van der Waals surface area contributed by atoms with E-state index in [1.54, 1.807) is 12.7 Å². The molecule has 0 unspecified atom stereocenters. The molecular weight excluding hydrogens is 226 g/mol. The van der Waals surface area contributed by atoms with E-state index in [2.05, 4.69) is 27.2 Å². The van der Waals surface area contributed by atoms with Gasteiger partial charge in [0.15, 0.2) is 0 Å². The van der Waals surface area contributed by atoms with E-state index in [0.29, 0.717) is 6.04 Å². The van der Waals surface area contributed by atoms with E-state index in [4.69, 9.17) is 0 Å². The SMILES string of the molecule is C[C@@H](CN1CCCCCC1)NCCn1cncn1. The van der Waals surface area contributed by atoms with Crippen LogP contribution in [0, 0.1) is 0 Å². The largest absolute Gasteiger partial charge is 0.311 e. The summed E-state index contributed by atoms with van der Waals surface area (Å²) in [6.07, 6.45) is 8.90. The molecule has 1 atom stereocenters. The predicted molar refractivity (Wildman–Crippen MR) is 72.4 cm³/mol. The van der Waals surface area contributed by atoms with Crippen LogP contribution in [0.2, 0.25) is 0 Å². The van der Waals surface area contributed by atoms with Crippen molar-refractivity contribution in [2.45, 2.75) is 45.2 Å². The van der Waals surface area contributed by atoms with Crippen LogP contribution >= 0.6 is 0 Å². The Morgan fingerprint density at radius 1 is 1.22 bits per heavy atom. The Hall–Kier alpha value is -0.940. The topological polar surface area (TPSA) is 46.0 Å². The summed E-state index contributed by atoms with van der Waals surface area (Å²) in [5.41, 5.74) is 0. The van der Waals surface area contributed by atoms with Crippen molar-refractivity contribution in [3.05, 3.63) is 12.7 Å². The van der Waals surface area contributed by atoms with Gasteiger partial charge in [-0.3, -0.25) is 4.68 Å². The van der Waals surface area contributed by atoms with Crippen LogP contribution < -0.4 is 5.32 Å². The first-order valence-electron chi connectivity index (χ1n) is 7.13. The van der Waals surface area contributed by atoms with Gasteiger partial charge < -0.3 is 10.2 Å². The lowest BCUT2D eigenvalue weighted by Gasteiger charge is -2.24. The van der Waals surface area contributed by atoms with Gasteiger partial charge in [0.1, 0.15) is 12.7 Å². The molecule has 1 N–H and O–H groups in total. The van der Waals surface area contributed by atoms with Gasteiger partial charge in [-0.15, -0.1) is 0 Å². The molecule has 1 aliphatic heterocycles. The maximum Gasteiger partial charge on any atom is 0.137 e. The van der Waals surface area contributed by atoms with Crippen molar-refractivity contribution >= 4 is 0 Å². The van der Waals surface area contributed by atoms with Gasteiger partial charge in [-0.2, -0.15) is 5.10 Å². The van der Waals surface area contributed by atoms with Gasteiger partial charge in [0.05, 0.1) is 6.54 Å². The molecule has 1 aromatic heterocycles. The van der Waals surface area contributed by atoms with Gasteiger partial charge >= 0.3 is 0 Å². The standard InChI is InChI=1S/C13H25N5/c1-13(10-17-7-4-2-3-5-8-17)15-6-9-18-12-14-11-16-18/h11-13,15H,2-10H2,1H3/t13-/m0/s1. The smallest absolute Gasteiger partial charge is 0.137 e. The first-order chi connectivity index (χ1) is 8.84. The number of nitrogens with one attached hydrogen (secondary N) is 1.